The Hall–Kier alpha value is -2.05. The smallest absolute Gasteiger partial charge is 0.239 e. The number of rotatable bonds is 5. The highest BCUT2D eigenvalue weighted by molar-refractivity contribution is 9.10. The molecule has 0 aliphatic carbocycles. The van der Waals surface area contributed by atoms with Gasteiger partial charge in [-0.2, -0.15) is 0 Å². The summed E-state index contributed by atoms with van der Waals surface area (Å²) in [7, 11) is 1.58. The number of hydrogen-bond acceptors (Lipinski definition) is 3. The maximum absolute atomic E-state index is 12.6. The van der Waals surface area contributed by atoms with Crippen molar-refractivity contribution in [3.63, 3.8) is 0 Å². The molecule has 5 nitrogen and oxygen atoms in total. The highest BCUT2D eigenvalue weighted by Crippen LogP contribution is 2.27. The first-order chi connectivity index (χ1) is 12.5. The zero-order chi connectivity index (χ0) is 18.7. The van der Waals surface area contributed by atoms with E-state index in [1.54, 1.807) is 36.3 Å². The Morgan fingerprint density at radius 1 is 1.31 bits per heavy atom. The molecule has 1 N–H and O–H groups in total. The molecule has 2 aromatic carbocycles. The molecule has 0 unspecified atom stereocenters. The van der Waals surface area contributed by atoms with Crippen LogP contribution in [0, 0.1) is 5.92 Å². The van der Waals surface area contributed by atoms with Gasteiger partial charge in [0.25, 0.3) is 0 Å². The number of amides is 2. The van der Waals surface area contributed by atoms with Crippen LogP contribution < -0.4 is 15.0 Å². The van der Waals surface area contributed by atoms with Gasteiger partial charge in [0, 0.05) is 33.8 Å². The number of nitrogens with zero attached hydrogens (tertiary/aromatic N) is 1. The minimum absolute atomic E-state index is 0.189. The molecule has 2 aromatic rings. The fourth-order valence-electron chi connectivity index (χ4n) is 2.99. The van der Waals surface area contributed by atoms with E-state index in [0.717, 1.165) is 15.7 Å². The van der Waals surface area contributed by atoms with Gasteiger partial charge >= 0.3 is 0 Å². The summed E-state index contributed by atoms with van der Waals surface area (Å²) < 4.78 is 6.20. The van der Waals surface area contributed by atoms with Gasteiger partial charge in [-0.1, -0.05) is 27.5 Å². The Morgan fingerprint density at radius 3 is 2.73 bits per heavy atom. The minimum atomic E-state index is -0.677. The zero-order valence-electron chi connectivity index (χ0n) is 14.2. The molecule has 26 heavy (non-hydrogen) atoms. The van der Waals surface area contributed by atoms with E-state index >= 15 is 0 Å². The van der Waals surface area contributed by atoms with Crippen LogP contribution in [0.1, 0.15) is 12.0 Å². The number of methoxy groups -OCH3 is 1. The van der Waals surface area contributed by atoms with Crippen LogP contribution >= 0.6 is 27.5 Å². The molecule has 2 amide bonds. The topological polar surface area (TPSA) is 58.6 Å². The monoisotopic (exact) mass is 436 g/mol. The molecule has 1 heterocycles. The number of benzene rings is 2. The second kappa shape index (κ2) is 8.10. The molecule has 1 aliphatic rings. The summed E-state index contributed by atoms with van der Waals surface area (Å²) in [5.74, 6) is -0.447. The van der Waals surface area contributed by atoms with Crippen molar-refractivity contribution in [2.24, 2.45) is 5.92 Å². The highest BCUT2D eigenvalue weighted by atomic mass is 79.9. The average molecular weight is 438 g/mol. The predicted octanol–water partition coefficient (Wildman–Crippen LogP) is 3.78. The lowest BCUT2D eigenvalue weighted by Crippen LogP contribution is -2.36. The van der Waals surface area contributed by atoms with Crippen LogP contribution in [0.2, 0.25) is 5.02 Å². The molecule has 1 aliphatic heterocycles. The molecule has 0 radical (unpaired) electrons. The van der Waals surface area contributed by atoms with Crippen LogP contribution in [0.25, 0.3) is 0 Å². The molecule has 1 atom stereocenters. The molecule has 0 aromatic heterocycles. The molecule has 1 saturated heterocycles. The summed E-state index contributed by atoms with van der Waals surface area (Å²) in [6.45, 7) is 0.810. The standard InChI is InChI=1S/C19H18BrClN2O3/c1-26-17-7-2-13(20)10-12(17)11-22-18(24)16-8-9-23(19(16)25)15-5-3-14(21)4-6-15/h2-7,10,16H,8-9,11H2,1H3,(H,22,24)/t16-/m0/s1. The van der Waals surface area contributed by atoms with Gasteiger partial charge in [-0.25, -0.2) is 0 Å². The first kappa shape index (κ1) is 18.7. The fraction of sp³-hybridized carbons (Fsp3) is 0.263. The van der Waals surface area contributed by atoms with Crippen LogP contribution in [0.3, 0.4) is 0 Å². The Balaban J connectivity index is 1.65. The maximum atomic E-state index is 12.6. The van der Waals surface area contributed by atoms with Crippen molar-refractivity contribution in [1.29, 1.82) is 0 Å². The van der Waals surface area contributed by atoms with Crippen molar-refractivity contribution in [3.05, 3.63) is 57.5 Å². The normalized spacial score (nSPS) is 16.7. The highest BCUT2D eigenvalue weighted by Gasteiger charge is 2.37. The molecule has 136 valence electrons. The van der Waals surface area contributed by atoms with Gasteiger partial charge in [-0.15, -0.1) is 0 Å². The van der Waals surface area contributed by atoms with Crippen LogP contribution in [0.5, 0.6) is 5.75 Å². The number of halogens is 2. The van der Waals surface area contributed by atoms with E-state index in [4.69, 9.17) is 16.3 Å². The molecule has 3 rings (SSSR count). The summed E-state index contributed by atoms with van der Waals surface area (Å²) in [4.78, 5) is 26.8. The van der Waals surface area contributed by atoms with Crippen LogP contribution in [0.4, 0.5) is 5.69 Å². The number of anilines is 1. The Bertz CT molecular complexity index is 826. The molecule has 0 bridgehead atoms. The number of carbonyl (C=O) groups is 2. The minimum Gasteiger partial charge on any atom is -0.496 e. The average Bonchev–Trinajstić information content (AvgIpc) is 3.02. The van der Waals surface area contributed by atoms with Crippen molar-refractivity contribution in [1.82, 2.24) is 5.32 Å². The van der Waals surface area contributed by atoms with Crippen LogP contribution in [-0.4, -0.2) is 25.5 Å². The van der Waals surface area contributed by atoms with Crippen molar-refractivity contribution in [2.75, 3.05) is 18.6 Å². The van der Waals surface area contributed by atoms with Crippen LogP contribution in [0.15, 0.2) is 46.9 Å². The lowest BCUT2D eigenvalue weighted by Gasteiger charge is -2.17. The molecule has 1 fully saturated rings. The fourth-order valence-corrected chi connectivity index (χ4v) is 3.53. The van der Waals surface area contributed by atoms with E-state index in [9.17, 15) is 9.59 Å². The zero-order valence-corrected chi connectivity index (χ0v) is 16.5. The van der Waals surface area contributed by atoms with Gasteiger partial charge in [0.2, 0.25) is 11.8 Å². The third-order valence-corrected chi connectivity index (χ3v) is 5.10. The van der Waals surface area contributed by atoms with E-state index in [1.807, 2.05) is 18.2 Å². The van der Waals surface area contributed by atoms with Crippen molar-refractivity contribution in [2.45, 2.75) is 13.0 Å². The molecular weight excluding hydrogens is 420 g/mol. The number of ether oxygens (including phenoxy) is 1. The number of hydrogen-bond donors (Lipinski definition) is 1. The van der Waals surface area contributed by atoms with Gasteiger partial charge < -0.3 is 15.0 Å². The second-order valence-corrected chi connectivity index (χ2v) is 7.33. The molecule has 0 spiro atoms. The summed E-state index contributed by atoms with van der Waals surface area (Å²) in [5, 5.41) is 3.45. The summed E-state index contributed by atoms with van der Waals surface area (Å²) in [5.41, 5.74) is 1.60. The van der Waals surface area contributed by atoms with Gasteiger partial charge in [-0.05, 0) is 48.9 Å². The predicted molar refractivity (Wildman–Crippen MR) is 104 cm³/mol. The van der Waals surface area contributed by atoms with Gasteiger partial charge in [0.05, 0.1) is 7.11 Å². The van der Waals surface area contributed by atoms with Gasteiger partial charge in [-0.3, -0.25) is 9.59 Å². The largest absolute Gasteiger partial charge is 0.496 e. The Kier molecular flexibility index (Phi) is 5.84. The van der Waals surface area contributed by atoms with E-state index in [-0.39, 0.29) is 11.8 Å². The van der Waals surface area contributed by atoms with Crippen molar-refractivity contribution >= 4 is 45.0 Å². The number of carbonyl (C=O) groups excluding carboxylic acids is 2. The summed E-state index contributed by atoms with van der Waals surface area (Å²) in [6, 6.07) is 12.6. The first-order valence-electron chi connectivity index (χ1n) is 8.16. The molecule has 7 heteroatoms. The molecular formula is C19H18BrClN2O3. The SMILES string of the molecule is COc1ccc(Br)cc1CNC(=O)[C@@H]1CCN(c2ccc(Cl)cc2)C1=O. The third-order valence-electron chi connectivity index (χ3n) is 4.36. The first-order valence-corrected chi connectivity index (χ1v) is 9.34. The third kappa shape index (κ3) is 4.02. The van der Waals surface area contributed by atoms with E-state index in [0.29, 0.717) is 30.3 Å². The molecule has 0 saturated carbocycles. The van der Waals surface area contributed by atoms with Crippen molar-refractivity contribution in [3.8, 4) is 5.75 Å². The second-order valence-electron chi connectivity index (χ2n) is 5.98. The lowest BCUT2D eigenvalue weighted by molar-refractivity contribution is -0.132. The Morgan fingerprint density at radius 2 is 2.04 bits per heavy atom. The number of nitrogens with one attached hydrogen (secondary N) is 1. The van der Waals surface area contributed by atoms with E-state index < -0.39 is 5.92 Å². The quantitative estimate of drug-likeness (QED) is 0.724. The van der Waals surface area contributed by atoms with Crippen LogP contribution in [-0.2, 0) is 16.1 Å². The van der Waals surface area contributed by atoms with Crippen molar-refractivity contribution < 1.29 is 14.3 Å². The van der Waals surface area contributed by atoms with E-state index in [1.165, 1.54) is 0 Å². The maximum Gasteiger partial charge on any atom is 0.239 e. The summed E-state index contributed by atoms with van der Waals surface area (Å²) >= 11 is 9.30. The Labute approximate surface area is 165 Å². The lowest BCUT2D eigenvalue weighted by atomic mass is 10.1. The van der Waals surface area contributed by atoms with Gasteiger partial charge in [0.15, 0.2) is 0 Å². The van der Waals surface area contributed by atoms with Gasteiger partial charge in [0.1, 0.15) is 11.7 Å². The summed E-state index contributed by atoms with van der Waals surface area (Å²) in [6.07, 6.45) is 0.489. The van der Waals surface area contributed by atoms with E-state index in [2.05, 4.69) is 21.2 Å².